The number of rotatable bonds is 2. The summed E-state index contributed by atoms with van der Waals surface area (Å²) in [6.07, 6.45) is 3.88. The largest absolute Gasteiger partial charge is 0.481 e. The molecule has 1 aliphatic carbocycles. The van der Waals surface area contributed by atoms with Crippen LogP contribution in [0.15, 0.2) is 18.2 Å². The molecule has 1 aromatic carbocycles. The minimum atomic E-state index is -0.802. The van der Waals surface area contributed by atoms with E-state index in [2.05, 4.69) is 0 Å². The van der Waals surface area contributed by atoms with Crippen molar-refractivity contribution in [1.82, 2.24) is 4.90 Å². The monoisotopic (exact) mass is 259 g/mol. The van der Waals surface area contributed by atoms with Crippen LogP contribution >= 0.6 is 0 Å². The van der Waals surface area contributed by atoms with Crippen LogP contribution in [-0.4, -0.2) is 35.0 Å². The minimum absolute atomic E-state index is 0.0292. The topological polar surface area (TPSA) is 57.6 Å². The van der Waals surface area contributed by atoms with Crippen molar-refractivity contribution >= 4 is 11.9 Å². The average Bonchev–Trinajstić information content (AvgIpc) is 3.06. The van der Waals surface area contributed by atoms with Crippen LogP contribution in [0.2, 0.25) is 0 Å². The van der Waals surface area contributed by atoms with Gasteiger partial charge < -0.3 is 10.0 Å². The predicted molar refractivity (Wildman–Crippen MR) is 70.1 cm³/mol. The lowest BCUT2D eigenvalue weighted by molar-refractivity contribution is -0.141. The molecule has 1 heterocycles. The molecule has 1 fully saturated rings. The molecule has 1 saturated heterocycles. The molecular weight excluding hydrogens is 242 g/mol. The lowest BCUT2D eigenvalue weighted by atomic mass is 10.1. The van der Waals surface area contributed by atoms with Crippen LogP contribution in [0.1, 0.15) is 34.3 Å². The van der Waals surface area contributed by atoms with Gasteiger partial charge in [0.25, 0.3) is 5.91 Å². The first-order chi connectivity index (χ1) is 9.15. The van der Waals surface area contributed by atoms with Crippen molar-refractivity contribution in [2.75, 3.05) is 13.1 Å². The van der Waals surface area contributed by atoms with Gasteiger partial charge in [-0.05, 0) is 48.9 Å². The van der Waals surface area contributed by atoms with E-state index in [0.717, 1.165) is 19.3 Å². The molecule has 1 unspecified atom stereocenters. The Hall–Kier alpha value is -1.84. The van der Waals surface area contributed by atoms with E-state index < -0.39 is 11.9 Å². The van der Waals surface area contributed by atoms with Crippen LogP contribution in [0.25, 0.3) is 0 Å². The number of aryl methyl sites for hydroxylation is 2. The number of carbonyl (C=O) groups excluding carboxylic acids is 1. The van der Waals surface area contributed by atoms with Gasteiger partial charge in [-0.25, -0.2) is 0 Å². The van der Waals surface area contributed by atoms with Gasteiger partial charge in [-0.1, -0.05) is 6.07 Å². The van der Waals surface area contributed by atoms with Crippen LogP contribution in [0.3, 0.4) is 0 Å². The molecule has 100 valence electrons. The molecule has 1 aliphatic heterocycles. The molecule has 4 nitrogen and oxygen atoms in total. The highest BCUT2D eigenvalue weighted by Crippen LogP contribution is 2.25. The highest BCUT2D eigenvalue weighted by atomic mass is 16.4. The summed E-state index contributed by atoms with van der Waals surface area (Å²) in [5.74, 6) is -1.24. The zero-order valence-electron chi connectivity index (χ0n) is 10.8. The molecular formula is C15H17NO3. The summed E-state index contributed by atoms with van der Waals surface area (Å²) in [6.45, 7) is 0.887. The van der Waals surface area contributed by atoms with E-state index in [1.54, 1.807) is 4.90 Å². The van der Waals surface area contributed by atoms with E-state index in [-0.39, 0.29) is 5.91 Å². The van der Waals surface area contributed by atoms with Gasteiger partial charge in [-0.15, -0.1) is 0 Å². The standard InChI is InChI=1S/C15H17NO3/c17-14(16-7-6-13(9-16)15(18)19)12-5-4-10-2-1-3-11(10)8-12/h4-5,8,13H,1-3,6-7,9H2,(H,18,19). The third-order valence-corrected chi connectivity index (χ3v) is 4.17. The van der Waals surface area contributed by atoms with E-state index >= 15 is 0 Å². The Morgan fingerprint density at radius 1 is 1.21 bits per heavy atom. The predicted octanol–water partition coefficient (Wildman–Crippen LogP) is 1.72. The van der Waals surface area contributed by atoms with Crippen molar-refractivity contribution in [2.24, 2.45) is 5.92 Å². The molecule has 1 N–H and O–H groups in total. The second-order valence-corrected chi connectivity index (χ2v) is 5.41. The Bertz CT molecular complexity index is 538. The summed E-state index contributed by atoms with van der Waals surface area (Å²) in [4.78, 5) is 24.9. The van der Waals surface area contributed by atoms with Crippen molar-refractivity contribution < 1.29 is 14.7 Å². The number of aliphatic carboxylic acids is 1. The van der Waals surface area contributed by atoms with E-state index in [0.29, 0.717) is 25.1 Å². The number of likely N-dealkylation sites (tertiary alicyclic amines) is 1. The molecule has 1 aromatic rings. The van der Waals surface area contributed by atoms with Gasteiger partial charge in [-0.3, -0.25) is 9.59 Å². The second-order valence-electron chi connectivity index (χ2n) is 5.41. The fourth-order valence-corrected chi connectivity index (χ4v) is 3.03. The molecule has 3 rings (SSSR count). The van der Waals surface area contributed by atoms with Crippen molar-refractivity contribution in [2.45, 2.75) is 25.7 Å². The number of hydrogen-bond donors (Lipinski definition) is 1. The fourth-order valence-electron chi connectivity index (χ4n) is 3.03. The SMILES string of the molecule is O=C(O)C1CCN(C(=O)c2ccc3c(c2)CCC3)C1. The molecule has 0 aromatic heterocycles. The Morgan fingerprint density at radius 2 is 2.00 bits per heavy atom. The first kappa shape index (κ1) is 12.2. The summed E-state index contributed by atoms with van der Waals surface area (Å²) in [5.41, 5.74) is 3.33. The van der Waals surface area contributed by atoms with E-state index in [1.165, 1.54) is 11.1 Å². The fraction of sp³-hybridized carbons (Fsp3) is 0.467. The minimum Gasteiger partial charge on any atom is -0.481 e. The zero-order valence-corrected chi connectivity index (χ0v) is 10.8. The van der Waals surface area contributed by atoms with Crippen LogP contribution in [0.4, 0.5) is 0 Å². The van der Waals surface area contributed by atoms with Gasteiger partial charge in [0.1, 0.15) is 0 Å². The summed E-state index contributed by atoms with van der Waals surface area (Å²) < 4.78 is 0. The van der Waals surface area contributed by atoms with Crippen molar-refractivity contribution in [1.29, 1.82) is 0 Å². The molecule has 1 amide bonds. The smallest absolute Gasteiger partial charge is 0.308 e. The average molecular weight is 259 g/mol. The molecule has 1 atom stereocenters. The van der Waals surface area contributed by atoms with Crippen molar-refractivity contribution in [3.63, 3.8) is 0 Å². The maximum absolute atomic E-state index is 12.3. The van der Waals surface area contributed by atoms with Gasteiger partial charge in [0.2, 0.25) is 0 Å². The number of benzene rings is 1. The van der Waals surface area contributed by atoms with Gasteiger partial charge >= 0.3 is 5.97 Å². The van der Waals surface area contributed by atoms with E-state index in [4.69, 9.17) is 5.11 Å². The third-order valence-electron chi connectivity index (χ3n) is 4.17. The maximum atomic E-state index is 12.3. The lowest BCUT2D eigenvalue weighted by Crippen LogP contribution is -2.30. The quantitative estimate of drug-likeness (QED) is 0.879. The third kappa shape index (κ3) is 2.23. The molecule has 2 aliphatic rings. The highest BCUT2D eigenvalue weighted by molar-refractivity contribution is 5.95. The zero-order chi connectivity index (χ0) is 13.4. The molecule has 0 bridgehead atoms. The van der Waals surface area contributed by atoms with Crippen LogP contribution < -0.4 is 0 Å². The second kappa shape index (κ2) is 4.68. The molecule has 0 spiro atoms. The number of hydrogen-bond acceptors (Lipinski definition) is 2. The molecule has 0 saturated carbocycles. The normalized spacial score (nSPS) is 21.5. The van der Waals surface area contributed by atoms with Crippen LogP contribution in [0, 0.1) is 5.92 Å². The van der Waals surface area contributed by atoms with E-state index in [1.807, 2.05) is 18.2 Å². The maximum Gasteiger partial charge on any atom is 0.308 e. The number of amides is 1. The first-order valence-corrected chi connectivity index (χ1v) is 6.79. The van der Waals surface area contributed by atoms with Gasteiger partial charge in [0, 0.05) is 18.7 Å². The molecule has 0 radical (unpaired) electrons. The Balaban J connectivity index is 1.76. The summed E-state index contributed by atoms with van der Waals surface area (Å²) in [5, 5.41) is 8.97. The molecule has 4 heteroatoms. The Morgan fingerprint density at radius 3 is 2.74 bits per heavy atom. The summed E-state index contributed by atoms with van der Waals surface area (Å²) >= 11 is 0. The van der Waals surface area contributed by atoms with Gasteiger partial charge in [0.05, 0.1) is 5.92 Å². The summed E-state index contributed by atoms with van der Waals surface area (Å²) in [7, 11) is 0. The summed E-state index contributed by atoms with van der Waals surface area (Å²) in [6, 6.07) is 5.90. The number of carbonyl (C=O) groups is 2. The number of carboxylic acid groups (broad SMARTS) is 1. The van der Waals surface area contributed by atoms with E-state index in [9.17, 15) is 9.59 Å². The van der Waals surface area contributed by atoms with Crippen molar-refractivity contribution in [3.8, 4) is 0 Å². The Kier molecular flexibility index (Phi) is 3.01. The molecule has 19 heavy (non-hydrogen) atoms. The lowest BCUT2D eigenvalue weighted by Gasteiger charge is -2.16. The van der Waals surface area contributed by atoms with Gasteiger partial charge in [-0.2, -0.15) is 0 Å². The van der Waals surface area contributed by atoms with Crippen LogP contribution in [0.5, 0.6) is 0 Å². The first-order valence-electron chi connectivity index (χ1n) is 6.79. The van der Waals surface area contributed by atoms with Gasteiger partial charge in [0.15, 0.2) is 0 Å². The number of carboxylic acids is 1. The Labute approximate surface area is 112 Å². The number of nitrogens with zero attached hydrogens (tertiary/aromatic N) is 1. The highest BCUT2D eigenvalue weighted by Gasteiger charge is 2.31. The number of fused-ring (bicyclic) bond motifs is 1. The van der Waals surface area contributed by atoms with Crippen molar-refractivity contribution in [3.05, 3.63) is 34.9 Å². The van der Waals surface area contributed by atoms with Crippen LogP contribution in [-0.2, 0) is 17.6 Å².